The fourth-order valence-corrected chi connectivity index (χ4v) is 2.20. The normalized spacial score (nSPS) is 10.2. The number of carbonyl (C=O) groups is 1. The summed E-state index contributed by atoms with van der Waals surface area (Å²) < 4.78 is 5.61. The van der Waals surface area contributed by atoms with E-state index < -0.39 is 0 Å². The van der Waals surface area contributed by atoms with E-state index in [1.807, 2.05) is 18.2 Å². The number of ether oxygens (including phenoxy) is 1. The summed E-state index contributed by atoms with van der Waals surface area (Å²) in [7, 11) is 0. The zero-order valence-corrected chi connectivity index (χ0v) is 10.5. The van der Waals surface area contributed by atoms with Crippen molar-refractivity contribution in [1.82, 2.24) is 0 Å². The molecule has 88 valence electrons. The number of hydrogen-bond donors (Lipinski definition) is 0. The molecule has 2 rings (SSSR count). The first kappa shape index (κ1) is 11.9. The van der Waals surface area contributed by atoms with Gasteiger partial charge in [-0.3, -0.25) is 4.79 Å². The zero-order valence-electron chi connectivity index (χ0n) is 9.68. The van der Waals surface area contributed by atoms with E-state index in [-0.39, 0.29) is 5.78 Å². The molecule has 0 unspecified atom stereocenters. The fraction of sp³-hybridized carbons (Fsp3) is 0.214. The van der Waals surface area contributed by atoms with Gasteiger partial charge < -0.3 is 4.74 Å². The predicted octanol–water partition coefficient (Wildman–Crippen LogP) is 3.57. The number of carbonyl (C=O) groups excluding carboxylic acids is 1. The maximum atomic E-state index is 11.1. The lowest BCUT2D eigenvalue weighted by molar-refractivity contribution is 0.101. The molecule has 0 fully saturated rings. The van der Waals surface area contributed by atoms with Crippen LogP contribution in [-0.4, -0.2) is 12.4 Å². The monoisotopic (exact) mass is 246 g/mol. The van der Waals surface area contributed by atoms with Crippen LogP contribution in [0, 0.1) is 0 Å². The van der Waals surface area contributed by atoms with Crippen molar-refractivity contribution in [2.45, 2.75) is 13.3 Å². The number of thiophene rings is 1. The molecular weight excluding hydrogens is 232 g/mol. The van der Waals surface area contributed by atoms with Crippen LogP contribution in [0.2, 0.25) is 0 Å². The molecule has 0 aliphatic rings. The van der Waals surface area contributed by atoms with E-state index >= 15 is 0 Å². The Morgan fingerprint density at radius 3 is 2.59 bits per heavy atom. The number of Topliss-reactive ketones (excluding diaryl/α,β-unsaturated/α-hetero) is 1. The van der Waals surface area contributed by atoms with Crippen LogP contribution in [0.1, 0.15) is 22.2 Å². The van der Waals surface area contributed by atoms with E-state index in [0.29, 0.717) is 6.61 Å². The third-order valence-electron chi connectivity index (χ3n) is 2.46. The van der Waals surface area contributed by atoms with Gasteiger partial charge in [-0.15, -0.1) is 11.3 Å². The van der Waals surface area contributed by atoms with Gasteiger partial charge in [-0.2, -0.15) is 0 Å². The average molecular weight is 246 g/mol. The van der Waals surface area contributed by atoms with Crippen molar-refractivity contribution in [2.24, 2.45) is 0 Å². The molecule has 2 aromatic rings. The van der Waals surface area contributed by atoms with Crippen molar-refractivity contribution in [2.75, 3.05) is 6.61 Å². The van der Waals surface area contributed by atoms with Gasteiger partial charge in [-0.1, -0.05) is 6.07 Å². The average Bonchev–Trinajstić information content (AvgIpc) is 2.83. The lowest BCUT2D eigenvalue weighted by atomic mass is 10.1. The third-order valence-corrected chi connectivity index (χ3v) is 3.39. The Morgan fingerprint density at radius 2 is 2.00 bits per heavy atom. The van der Waals surface area contributed by atoms with Gasteiger partial charge in [0, 0.05) is 16.9 Å². The summed E-state index contributed by atoms with van der Waals surface area (Å²) in [6.07, 6.45) is 0.923. The highest BCUT2D eigenvalue weighted by Gasteiger charge is 2.00. The van der Waals surface area contributed by atoms with E-state index in [4.69, 9.17) is 4.74 Å². The molecule has 1 aromatic heterocycles. The minimum Gasteiger partial charge on any atom is -0.493 e. The van der Waals surface area contributed by atoms with Crippen LogP contribution in [0.4, 0.5) is 0 Å². The van der Waals surface area contributed by atoms with E-state index in [2.05, 4.69) is 11.4 Å². The van der Waals surface area contributed by atoms with Gasteiger partial charge in [0.25, 0.3) is 0 Å². The summed E-state index contributed by atoms with van der Waals surface area (Å²) >= 11 is 1.74. The molecule has 0 radical (unpaired) electrons. The Kier molecular flexibility index (Phi) is 3.94. The van der Waals surface area contributed by atoms with Crippen LogP contribution in [0.5, 0.6) is 5.75 Å². The highest BCUT2D eigenvalue weighted by molar-refractivity contribution is 7.09. The molecule has 0 aliphatic carbocycles. The second-order valence-electron chi connectivity index (χ2n) is 3.76. The molecule has 0 N–H and O–H groups in total. The number of benzene rings is 1. The van der Waals surface area contributed by atoms with E-state index in [9.17, 15) is 4.79 Å². The Balaban J connectivity index is 1.85. The van der Waals surface area contributed by atoms with Crippen LogP contribution >= 0.6 is 11.3 Å². The lowest BCUT2D eigenvalue weighted by Crippen LogP contribution is -2.00. The van der Waals surface area contributed by atoms with Crippen LogP contribution < -0.4 is 4.74 Å². The van der Waals surface area contributed by atoms with Crippen molar-refractivity contribution in [1.29, 1.82) is 0 Å². The molecule has 0 amide bonds. The largest absolute Gasteiger partial charge is 0.493 e. The third kappa shape index (κ3) is 3.43. The van der Waals surface area contributed by atoms with Crippen molar-refractivity contribution in [3.63, 3.8) is 0 Å². The summed E-state index contributed by atoms with van der Waals surface area (Å²) in [6, 6.07) is 11.4. The molecule has 0 atom stereocenters. The molecule has 3 heteroatoms. The fourth-order valence-electron chi connectivity index (χ4n) is 1.51. The molecule has 17 heavy (non-hydrogen) atoms. The van der Waals surface area contributed by atoms with Crippen molar-refractivity contribution in [3.8, 4) is 5.75 Å². The van der Waals surface area contributed by atoms with Gasteiger partial charge >= 0.3 is 0 Å². The van der Waals surface area contributed by atoms with Gasteiger partial charge in [0.15, 0.2) is 5.78 Å². The van der Waals surface area contributed by atoms with Gasteiger partial charge in [-0.05, 0) is 42.6 Å². The first-order valence-corrected chi connectivity index (χ1v) is 6.40. The molecule has 0 saturated carbocycles. The van der Waals surface area contributed by atoms with Crippen molar-refractivity contribution < 1.29 is 9.53 Å². The standard InChI is InChI=1S/C14H14O2S/c1-11(15)12-4-6-13(7-5-12)16-9-8-14-3-2-10-17-14/h2-7,10H,8-9H2,1H3. The van der Waals surface area contributed by atoms with E-state index in [0.717, 1.165) is 17.7 Å². The first-order chi connectivity index (χ1) is 8.25. The SMILES string of the molecule is CC(=O)c1ccc(OCCc2cccs2)cc1. The second-order valence-corrected chi connectivity index (χ2v) is 4.79. The molecule has 0 aliphatic heterocycles. The highest BCUT2D eigenvalue weighted by atomic mass is 32.1. The summed E-state index contributed by atoms with van der Waals surface area (Å²) in [4.78, 5) is 12.4. The summed E-state index contributed by atoms with van der Waals surface area (Å²) in [5.41, 5.74) is 0.718. The second kappa shape index (κ2) is 5.64. The Bertz CT molecular complexity index is 471. The number of ketones is 1. The lowest BCUT2D eigenvalue weighted by Gasteiger charge is -2.05. The summed E-state index contributed by atoms with van der Waals surface area (Å²) in [5.74, 6) is 0.890. The molecule has 1 heterocycles. The molecule has 0 spiro atoms. The van der Waals surface area contributed by atoms with Crippen LogP contribution in [0.15, 0.2) is 41.8 Å². The van der Waals surface area contributed by atoms with Crippen LogP contribution in [-0.2, 0) is 6.42 Å². The van der Waals surface area contributed by atoms with Gasteiger partial charge in [0.1, 0.15) is 5.75 Å². The van der Waals surface area contributed by atoms with E-state index in [1.165, 1.54) is 4.88 Å². The topological polar surface area (TPSA) is 26.3 Å². The maximum Gasteiger partial charge on any atom is 0.159 e. The molecule has 0 bridgehead atoms. The summed E-state index contributed by atoms with van der Waals surface area (Å²) in [5, 5.41) is 2.07. The smallest absolute Gasteiger partial charge is 0.159 e. The van der Waals surface area contributed by atoms with Crippen LogP contribution in [0.25, 0.3) is 0 Å². The van der Waals surface area contributed by atoms with Crippen molar-refractivity contribution >= 4 is 17.1 Å². The van der Waals surface area contributed by atoms with Gasteiger partial charge in [0.05, 0.1) is 6.61 Å². The van der Waals surface area contributed by atoms with Gasteiger partial charge in [0.2, 0.25) is 0 Å². The maximum absolute atomic E-state index is 11.1. The highest BCUT2D eigenvalue weighted by Crippen LogP contribution is 2.14. The van der Waals surface area contributed by atoms with Gasteiger partial charge in [-0.25, -0.2) is 0 Å². The first-order valence-electron chi connectivity index (χ1n) is 5.52. The molecule has 0 saturated heterocycles. The zero-order chi connectivity index (χ0) is 12.1. The van der Waals surface area contributed by atoms with Crippen LogP contribution in [0.3, 0.4) is 0 Å². The number of rotatable bonds is 5. The summed E-state index contributed by atoms with van der Waals surface area (Å²) in [6.45, 7) is 2.23. The molecular formula is C14H14O2S. The predicted molar refractivity (Wildman–Crippen MR) is 70.0 cm³/mol. The Morgan fingerprint density at radius 1 is 1.24 bits per heavy atom. The van der Waals surface area contributed by atoms with Crippen molar-refractivity contribution in [3.05, 3.63) is 52.2 Å². The molecule has 2 nitrogen and oxygen atoms in total. The minimum atomic E-state index is 0.0788. The Hall–Kier alpha value is -1.61. The quantitative estimate of drug-likeness (QED) is 0.754. The molecule has 1 aromatic carbocycles. The minimum absolute atomic E-state index is 0.0788. The number of hydrogen-bond acceptors (Lipinski definition) is 3. The van der Waals surface area contributed by atoms with E-state index in [1.54, 1.807) is 30.4 Å². The Labute approximate surface area is 105 Å².